The van der Waals surface area contributed by atoms with Crippen LogP contribution in [-0.2, 0) is 23.9 Å². The summed E-state index contributed by atoms with van der Waals surface area (Å²) in [6.45, 7) is 2.31. The second-order valence-electron chi connectivity index (χ2n) is 4.05. The normalized spacial score (nSPS) is 18.8. The Labute approximate surface area is 109 Å². The lowest BCUT2D eigenvalue weighted by Gasteiger charge is -2.25. The van der Waals surface area contributed by atoms with Crippen molar-refractivity contribution in [1.29, 1.82) is 0 Å². The van der Waals surface area contributed by atoms with Crippen LogP contribution in [-0.4, -0.2) is 59.4 Å². The number of carbonyl (C=O) groups excluding carboxylic acids is 2. The van der Waals surface area contributed by atoms with E-state index in [2.05, 4.69) is 9.89 Å². The van der Waals surface area contributed by atoms with Crippen molar-refractivity contribution in [3.63, 3.8) is 0 Å². The van der Waals surface area contributed by atoms with Crippen LogP contribution in [0.25, 0.3) is 0 Å². The highest BCUT2D eigenvalue weighted by Crippen LogP contribution is 2.13. The van der Waals surface area contributed by atoms with Gasteiger partial charge in [-0.05, 0) is 0 Å². The van der Waals surface area contributed by atoms with E-state index in [1.54, 1.807) is 0 Å². The molecule has 8 nitrogen and oxygen atoms in total. The Kier molecular flexibility index (Phi) is 5.71. The first kappa shape index (κ1) is 15.4. The molecule has 2 N–H and O–H groups in total. The zero-order chi connectivity index (χ0) is 14.4. The smallest absolute Gasteiger partial charge is 0.303 e. The summed E-state index contributed by atoms with van der Waals surface area (Å²) >= 11 is 0. The Bertz CT molecular complexity index is 368. The van der Waals surface area contributed by atoms with Gasteiger partial charge in [-0.25, -0.2) is 0 Å². The molecule has 0 saturated carbocycles. The van der Waals surface area contributed by atoms with E-state index in [1.807, 2.05) is 0 Å². The third-order valence-corrected chi connectivity index (χ3v) is 2.45. The van der Waals surface area contributed by atoms with Gasteiger partial charge in [0.15, 0.2) is 6.10 Å². The number of carbonyl (C=O) groups is 2. The van der Waals surface area contributed by atoms with E-state index in [9.17, 15) is 19.8 Å². The summed E-state index contributed by atoms with van der Waals surface area (Å²) in [5, 5.41) is 23.4. The minimum atomic E-state index is -1.45. The summed E-state index contributed by atoms with van der Waals surface area (Å²) in [6, 6.07) is 0. The monoisotopic (exact) mass is 275 g/mol. The molecule has 0 unspecified atom stereocenters. The van der Waals surface area contributed by atoms with Crippen molar-refractivity contribution in [2.75, 3.05) is 13.2 Å². The van der Waals surface area contributed by atoms with E-state index in [4.69, 9.17) is 9.57 Å². The average Bonchev–Trinajstić information content (AvgIpc) is 2.85. The van der Waals surface area contributed by atoms with Crippen molar-refractivity contribution in [2.45, 2.75) is 38.6 Å². The highest BCUT2D eigenvalue weighted by molar-refractivity contribution is 5.89. The molecule has 1 heterocycles. The lowest BCUT2D eigenvalue weighted by Crippen LogP contribution is -2.46. The second kappa shape index (κ2) is 7.05. The van der Waals surface area contributed by atoms with E-state index in [0.29, 0.717) is 13.0 Å². The maximum atomic E-state index is 10.9. The molecule has 0 aromatic rings. The van der Waals surface area contributed by atoms with Crippen LogP contribution < -0.4 is 0 Å². The van der Waals surface area contributed by atoms with E-state index < -0.39 is 30.3 Å². The van der Waals surface area contributed by atoms with Crippen molar-refractivity contribution in [3.8, 4) is 0 Å². The fraction of sp³-hybridized carbons (Fsp3) is 0.727. The Morgan fingerprint density at radius 1 is 1.37 bits per heavy atom. The number of aliphatic hydroxyl groups is 2. The number of hydrogen-bond acceptors (Lipinski definition) is 8. The molecule has 3 atom stereocenters. The zero-order valence-corrected chi connectivity index (χ0v) is 10.7. The summed E-state index contributed by atoms with van der Waals surface area (Å²) < 4.78 is 9.50. The number of oxime groups is 1. The van der Waals surface area contributed by atoms with E-state index >= 15 is 0 Å². The molecule has 0 amide bonds. The Morgan fingerprint density at radius 2 is 2.05 bits per heavy atom. The third kappa shape index (κ3) is 4.84. The van der Waals surface area contributed by atoms with Gasteiger partial charge in [0.1, 0.15) is 25.4 Å². The lowest BCUT2D eigenvalue weighted by molar-refractivity contribution is -0.166. The number of aliphatic hydroxyl groups excluding tert-OH is 2. The number of ether oxygens (including phenoxy) is 2. The van der Waals surface area contributed by atoms with Crippen LogP contribution in [0.15, 0.2) is 5.16 Å². The van der Waals surface area contributed by atoms with Gasteiger partial charge >= 0.3 is 11.9 Å². The highest BCUT2D eigenvalue weighted by atomic mass is 16.6. The van der Waals surface area contributed by atoms with Gasteiger partial charge in [-0.3, -0.25) is 9.59 Å². The molecule has 108 valence electrons. The Morgan fingerprint density at radius 3 is 2.53 bits per heavy atom. The summed E-state index contributed by atoms with van der Waals surface area (Å²) in [7, 11) is 0. The predicted octanol–water partition coefficient (Wildman–Crippen LogP) is -1.02. The molecule has 0 fully saturated rings. The number of hydrogen-bond donors (Lipinski definition) is 2. The number of esters is 2. The molecule has 0 spiro atoms. The highest BCUT2D eigenvalue weighted by Gasteiger charge is 2.34. The second-order valence-corrected chi connectivity index (χ2v) is 4.05. The average molecular weight is 275 g/mol. The Hall–Kier alpha value is -1.67. The van der Waals surface area contributed by atoms with Gasteiger partial charge in [-0.15, -0.1) is 0 Å². The molecule has 0 saturated heterocycles. The number of rotatable bonds is 6. The molecule has 0 aromatic heterocycles. The first-order valence-electron chi connectivity index (χ1n) is 5.77. The van der Waals surface area contributed by atoms with Crippen LogP contribution in [0.1, 0.15) is 20.3 Å². The maximum Gasteiger partial charge on any atom is 0.303 e. The molecule has 1 aliphatic rings. The van der Waals surface area contributed by atoms with Gasteiger partial charge in [0.05, 0.1) is 5.71 Å². The van der Waals surface area contributed by atoms with Crippen LogP contribution in [0.3, 0.4) is 0 Å². The molecule has 19 heavy (non-hydrogen) atoms. The first-order valence-corrected chi connectivity index (χ1v) is 5.77. The molecule has 0 aliphatic carbocycles. The van der Waals surface area contributed by atoms with Crippen molar-refractivity contribution in [1.82, 2.24) is 0 Å². The van der Waals surface area contributed by atoms with Crippen LogP contribution in [0.5, 0.6) is 0 Å². The minimum absolute atomic E-state index is 0.257. The standard InChI is InChI=1S/C11H17NO7/c1-6(13)17-5-9(19-7(2)14)11(16)10(15)8-3-4-18-12-8/h9-11,15-16H,3-5H2,1-2H3/t9-,10-,11-/m1/s1. The van der Waals surface area contributed by atoms with Crippen molar-refractivity contribution < 1.29 is 34.1 Å². The lowest BCUT2D eigenvalue weighted by atomic mass is 10.0. The molecular weight excluding hydrogens is 258 g/mol. The fourth-order valence-corrected chi connectivity index (χ4v) is 1.54. The topological polar surface area (TPSA) is 115 Å². The summed E-state index contributed by atoms with van der Waals surface area (Å²) in [4.78, 5) is 26.4. The van der Waals surface area contributed by atoms with Gasteiger partial charge in [0.25, 0.3) is 0 Å². The van der Waals surface area contributed by atoms with Crippen LogP contribution in [0.4, 0.5) is 0 Å². The van der Waals surface area contributed by atoms with Gasteiger partial charge in [-0.2, -0.15) is 0 Å². The van der Waals surface area contributed by atoms with Gasteiger partial charge < -0.3 is 24.5 Å². The van der Waals surface area contributed by atoms with Crippen LogP contribution in [0.2, 0.25) is 0 Å². The summed E-state index contributed by atoms with van der Waals surface area (Å²) in [5.74, 6) is -1.24. The summed E-state index contributed by atoms with van der Waals surface area (Å²) in [5.41, 5.74) is 0.257. The number of nitrogens with zero attached hydrogens (tertiary/aromatic N) is 1. The molecule has 1 aliphatic heterocycles. The van der Waals surface area contributed by atoms with E-state index in [-0.39, 0.29) is 12.3 Å². The predicted molar refractivity (Wildman–Crippen MR) is 62.2 cm³/mol. The van der Waals surface area contributed by atoms with Gasteiger partial charge in [0.2, 0.25) is 0 Å². The fourth-order valence-electron chi connectivity index (χ4n) is 1.54. The maximum absolute atomic E-state index is 10.9. The largest absolute Gasteiger partial charge is 0.462 e. The van der Waals surface area contributed by atoms with E-state index in [1.165, 1.54) is 6.92 Å². The minimum Gasteiger partial charge on any atom is -0.462 e. The van der Waals surface area contributed by atoms with Crippen molar-refractivity contribution in [2.24, 2.45) is 5.16 Å². The molecule has 1 rings (SSSR count). The molecule has 8 heteroatoms. The SMILES string of the molecule is CC(=O)OC[C@@H](OC(C)=O)[C@@H](O)[C@H](O)C1=NOCC1. The molecule has 0 radical (unpaired) electrons. The van der Waals surface area contributed by atoms with Crippen molar-refractivity contribution in [3.05, 3.63) is 0 Å². The summed E-state index contributed by atoms with van der Waals surface area (Å²) in [6.07, 6.45) is -3.59. The molecule has 0 bridgehead atoms. The van der Waals surface area contributed by atoms with E-state index in [0.717, 1.165) is 6.92 Å². The van der Waals surface area contributed by atoms with Crippen LogP contribution >= 0.6 is 0 Å². The molecular formula is C11H17NO7. The van der Waals surface area contributed by atoms with Gasteiger partial charge in [0, 0.05) is 20.3 Å². The third-order valence-electron chi connectivity index (χ3n) is 2.45. The first-order chi connectivity index (χ1) is 8.91. The quantitative estimate of drug-likeness (QED) is 0.596. The molecule has 0 aromatic carbocycles. The van der Waals surface area contributed by atoms with Gasteiger partial charge in [-0.1, -0.05) is 5.16 Å². The van der Waals surface area contributed by atoms with Crippen molar-refractivity contribution >= 4 is 17.7 Å². The Balaban J connectivity index is 2.65. The van der Waals surface area contributed by atoms with Crippen LogP contribution in [0, 0.1) is 0 Å². The zero-order valence-electron chi connectivity index (χ0n) is 10.7.